The van der Waals surface area contributed by atoms with Gasteiger partial charge in [-0.15, -0.1) is 0 Å². The lowest BCUT2D eigenvalue weighted by molar-refractivity contribution is -0.120. The predicted molar refractivity (Wildman–Crippen MR) is 84.4 cm³/mol. The Labute approximate surface area is 125 Å². The second-order valence-corrected chi connectivity index (χ2v) is 4.93. The molecule has 0 saturated carbocycles. The highest BCUT2D eigenvalue weighted by molar-refractivity contribution is 5.93. The summed E-state index contributed by atoms with van der Waals surface area (Å²) in [6.07, 6.45) is 0. The van der Waals surface area contributed by atoms with Gasteiger partial charge in [-0.25, -0.2) is 0 Å². The number of hydrogen-bond acceptors (Lipinski definition) is 3. The van der Waals surface area contributed by atoms with Crippen molar-refractivity contribution in [2.75, 3.05) is 18.6 Å². The van der Waals surface area contributed by atoms with Crippen LogP contribution in [-0.2, 0) is 11.3 Å². The van der Waals surface area contributed by atoms with Crippen LogP contribution in [0.1, 0.15) is 11.1 Å². The van der Waals surface area contributed by atoms with Gasteiger partial charge in [-0.1, -0.05) is 29.8 Å². The van der Waals surface area contributed by atoms with Gasteiger partial charge in [0, 0.05) is 19.3 Å². The first-order valence-corrected chi connectivity index (χ1v) is 6.85. The van der Waals surface area contributed by atoms with Crippen molar-refractivity contribution < 1.29 is 9.53 Å². The molecule has 2 aromatic rings. The standard InChI is InChI=1S/C17H20N2O2/c1-13-3-7-15(8-4-13)19(2)17(20)12-21-16-9-5-14(11-18)6-10-16/h3-10H,11-12,18H2,1-2H3. The molecule has 0 saturated heterocycles. The van der Waals surface area contributed by atoms with Crippen LogP contribution in [0.15, 0.2) is 48.5 Å². The molecule has 0 atom stereocenters. The molecule has 0 fully saturated rings. The van der Waals surface area contributed by atoms with Gasteiger partial charge in [0.1, 0.15) is 5.75 Å². The van der Waals surface area contributed by atoms with Crippen LogP contribution in [0, 0.1) is 6.92 Å². The molecule has 0 aliphatic heterocycles. The number of anilines is 1. The number of hydrogen-bond donors (Lipinski definition) is 1. The normalized spacial score (nSPS) is 10.2. The van der Waals surface area contributed by atoms with Gasteiger partial charge >= 0.3 is 0 Å². The molecule has 0 aliphatic carbocycles. The van der Waals surface area contributed by atoms with E-state index in [1.807, 2.05) is 55.5 Å². The summed E-state index contributed by atoms with van der Waals surface area (Å²) in [4.78, 5) is 13.7. The van der Waals surface area contributed by atoms with Crippen molar-refractivity contribution in [3.63, 3.8) is 0 Å². The molecule has 4 nitrogen and oxygen atoms in total. The van der Waals surface area contributed by atoms with E-state index in [2.05, 4.69) is 0 Å². The SMILES string of the molecule is Cc1ccc(N(C)C(=O)COc2ccc(CN)cc2)cc1. The van der Waals surface area contributed by atoms with Crippen molar-refractivity contribution in [2.24, 2.45) is 5.73 Å². The lowest BCUT2D eigenvalue weighted by Gasteiger charge is -2.17. The number of nitrogens with two attached hydrogens (primary N) is 1. The monoisotopic (exact) mass is 284 g/mol. The molecule has 110 valence electrons. The fourth-order valence-corrected chi connectivity index (χ4v) is 1.88. The Balaban J connectivity index is 1.92. The van der Waals surface area contributed by atoms with Crippen LogP contribution in [0.4, 0.5) is 5.69 Å². The van der Waals surface area contributed by atoms with Crippen LogP contribution in [0.2, 0.25) is 0 Å². The van der Waals surface area contributed by atoms with Gasteiger partial charge in [0.2, 0.25) is 0 Å². The lowest BCUT2D eigenvalue weighted by Crippen LogP contribution is -2.31. The molecule has 0 radical (unpaired) electrons. The molecule has 0 spiro atoms. The fraction of sp³-hybridized carbons (Fsp3) is 0.235. The van der Waals surface area contributed by atoms with E-state index in [0.717, 1.165) is 16.8 Å². The third kappa shape index (κ3) is 4.07. The van der Waals surface area contributed by atoms with Crippen LogP contribution >= 0.6 is 0 Å². The minimum absolute atomic E-state index is 0.00630. The number of carbonyl (C=O) groups excluding carboxylic acids is 1. The Morgan fingerprint density at radius 2 is 1.71 bits per heavy atom. The van der Waals surface area contributed by atoms with E-state index in [-0.39, 0.29) is 12.5 Å². The van der Waals surface area contributed by atoms with Gasteiger partial charge in [0.15, 0.2) is 6.61 Å². The van der Waals surface area contributed by atoms with E-state index >= 15 is 0 Å². The molecule has 0 unspecified atom stereocenters. The topological polar surface area (TPSA) is 55.6 Å². The average Bonchev–Trinajstić information content (AvgIpc) is 2.53. The summed E-state index contributed by atoms with van der Waals surface area (Å²) >= 11 is 0. The van der Waals surface area contributed by atoms with Gasteiger partial charge < -0.3 is 15.4 Å². The number of nitrogens with zero attached hydrogens (tertiary/aromatic N) is 1. The summed E-state index contributed by atoms with van der Waals surface area (Å²) in [6.45, 7) is 2.52. The van der Waals surface area contributed by atoms with Crippen LogP contribution in [0.3, 0.4) is 0 Å². The second-order valence-electron chi connectivity index (χ2n) is 4.93. The van der Waals surface area contributed by atoms with Crippen molar-refractivity contribution in [1.29, 1.82) is 0 Å². The maximum atomic E-state index is 12.1. The van der Waals surface area contributed by atoms with Crippen molar-refractivity contribution >= 4 is 11.6 Å². The summed E-state index contributed by atoms with van der Waals surface area (Å²) in [7, 11) is 1.74. The number of aryl methyl sites for hydroxylation is 1. The Hall–Kier alpha value is -2.33. The van der Waals surface area contributed by atoms with E-state index in [9.17, 15) is 4.79 Å². The number of benzene rings is 2. The summed E-state index contributed by atoms with van der Waals surface area (Å²) < 4.78 is 5.50. The first kappa shape index (κ1) is 15.1. The molecule has 2 aromatic carbocycles. The zero-order valence-electron chi connectivity index (χ0n) is 12.4. The minimum Gasteiger partial charge on any atom is -0.484 e. The van der Waals surface area contributed by atoms with E-state index in [4.69, 9.17) is 10.5 Å². The Morgan fingerprint density at radius 1 is 1.10 bits per heavy atom. The zero-order valence-corrected chi connectivity index (χ0v) is 12.4. The number of ether oxygens (including phenoxy) is 1. The molecule has 0 heterocycles. The first-order valence-electron chi connectivity index (χ1n) is 6.85. The lowest BCUT2D eigenvalue weighted by atomic mass is 10.2. The number of likely N-dealkylation sites (N-methyl/N-ethyl adjacent to an activating group) is 1. The molecular weight excluding hydrogens is 264 g/mol. The molecule has 0 bridgehead atoms. The van der Waals surface area contributed by atoms with Crippen molar-refractivity contribution in [2.45, 2.75) is 13.5 Å². The molecule has 2 N–H and O–H groups in total. The van der Waals surface area contributed by atoms with Crippen molar-refractivity contribution in [3.8, 4) is 5.75 Å². The summed E-state index contributed by atoms with van der Waals surface area (Å²) in [6, 6.07) is 15.2. The first-order chi connectivity index (χ1) is 10.1. The molecule has 0 aliphatic rings. The van der Waals surface area contributed by atoms with Crippen molar-refractivity contribution in [1.82, 2.24) is 0 Å². The molecule has 4 heteroatoms. The maximum Gasteiger partial charge on any atom is 0.264 e. The zero-order chi connectivity index (χ0) is 15.2. The van der Waals surface area contributed by atoms with Crippen LogP contribution in [0.5, 0.6) is 5.75 Å². The van der Waals surface area contributed by atoms with Crippen LogP contribution in [-0.4, -0.2) is 19.6 Å². The molecule has 2 rings (SSSR count). The van der Waals surface area contributed by atoms with E-state index in [1.54, 1.807) is 11.9 Å². The highest BCUT2D eigenvalue weighted by atomic mass is 16.5. The second kappa shape index (κ2) is 6.90. The van der Waals surface area contributed by atoms with E-state index in [1.165, 1.54) is 0 Å². The summed E-state index contributed by atoms with van der Waals surface area (Å²) in [5.74, 6) is 0.569. The Kier molecular flexibility index (Phi) is 4.95. The minimum atomic E-state index is -0.0956. The molecular formula is C17H20N2O2. The summed E-state index contributed by atoms with van der Waals surface area (Å²) in [5.41, 5.74) is 8.59. The quantitative estimate of drug-likeness (QED) is 0.917. The molecule has 0 aromatic heterocycles. The highest BCUT2D eigenvalue weighted by Crippen LogP contribution is 2.15. The Morgan fingerprint density at radius 3 is 2.29 bits per heavy atom. The maximum absolute atomic E-state index is 12.1. The highest BCUT2D eigenvalue weighted by Gasteiger charge is 2.11. The van der Waals surface area contributed by atoms with Crippen LogP contribution < -0.4 is 15.4 Å². The predicted octanol–water partition coefficient (Wildman–Crippen LogP) is 2.50. The number of rotatable bonds is 5. The average molecular weight is 284 g/mol. The largest absolute Gasteiger partial charge is 0.484 e. The van der Waals surface area contributed by atoms with Crippen LogP contribution in [0.25, 0.3) is 0 Å². The molecule has 21 heavy (non-hydrogen) atoms. The third-order valence-electron chi connectivity index (χ3n) is 3.32. The van der Waals surface area contributed by atoms with Gasteiger partial charge in [0.25, 0.3) is 5.91 Å². The Bertz CT molecular complexity index is 591. The van der Waals surface area contributed by atoms with Gasteiger partial charge in [-0.3, -0.25) is 4.79 Å². The van der Waals surface area contributed by atoms with Gasteiger partial charge in [-0.05, 0) is 36.8 Å². The third-order valence-corrected chi connectivity index (χ3v) is 3.32. The van der Waals surface area contributed by atoms with E-state index < -0.39 is 0 Å². The summed E-state index contributed by atoms with van der Waals surface area (Å²) in [5, 5.41) is 0. The van der Waals surface area contributed by atoms with Gasteiger partial charge in [-0.2, -0.15) is 0 Å². The number of carbonyl (C=O) groups is 1. The number of amides is 1. The van der Waals surface area contributed by atoms with E-state index in [0.29, 0.717) is 12.3 Å². The van der Waals surface area contributed by atoms with Crippen molar-refractivity contribution in [3.05, 3.63) is 59.7 Å². The smallest absolute Gasteiger partial charge is 0.264 e. The van der Waals surface area contributed by atoms with Gasteiger partial charge in [0.05, 0.1) is 0 Å². The fourth-order valence-electron chi connectivity index (χ4n) is 1.88. The molecule has 1 amide bonds.